The van der Waals surface area contributed by atoms with Gasteiger partial charge in [0, 0.05) is 19.5 Å². The van der Waals surface area contributed by atoms with Crippen molar-refractivity contribution in [3.05, 3.63) is 0 Å². The molecule has 0 saturated carbocycles. The fraction of sp³-hybridized carbons (Fsp3) is 0.900. The maximum absolute atomic E-state index is 11.3. The molecule has 0 spiro atoms. The summed E-state index contributed by atoms with van der Waals surface area (Å²) in [5, 5.41) is 0. The summed E-state index contributed by atoms with van der Waals surface area (Å²) in [6, 6.07) is 0. The van der Waals surface area contributed by atoms with Crippen LogP contribution in [0, 0.1) is 5.41 Å². The van der Waals surface area contributed by atoms with Gasteiger partial charge in [-0.2, -0.15) is 0 Å². The monoisotopic (exact) mass is 169 g/mol. The first kappa shape index (κ1) is 9.56. The molecule has 1 rings (SSSR count). The van der Waals surface area contributed by atoms with Crippen LogP contribution in [0.2, 0.25) is 0 Å². The summed E-state index contributed by atoms with van der Waals surface area (Å²) < 4.78 is 0. The number of nitrogens with zero attached hydrogens (tertiary/aromatic N) is 1. The zero-order valence-electron chi connectivity index (χ0n) is 8.39. The lowest BCUT2D eigenvalue weighted by Gasteiger charge is -2.36. The van der Waals surface area contributed by atoms with Gasteiger partial charge in [0.1, 0.15) is 0 Å². The maximum Gasteiger partial charge on any atom is 0.222 e. The van der Waals surface area contributed by atoms with Crippen molar-refractivity contribution in [2.45, 2.75) is 40.0 Å². The van der Waals surface area contributed by atoms with Gasteiger partial charge in [-0.05, 0) is 18.3 Å². The summed E-state index contributed by atoms with van der Waals surface area (Å²) in [6.45, 7) is 8.41. The highest BCUT2D eigenvalue weighted by Gasteiger charge is 2.26. The summed E-state index contributed by atoms with van der Waals surface area (Å²) in [5.74, 6) is 0.311. The van der Waals surface area contributed by atoms with Crippen molar-refractivity contribution in [1.82, 2.24) is 4.90 Å². The number of likely N-dealkylation sites (tertiary alicyclic amines) is 1. The second kappa shape index (κ2) is 3.46. The number of carbonyl (C=O) groups is 1. The molecule has 0 aliphatic carbocycles. The SMILES string of the molecule is CCC(=O)N1CCC(C)(C)CC1. The fourth-order valence-electron chi connectivity index (χ4n) is 1.59. The van der Waals surface area contributed by atoms with E-state index in [-0.39, 0.29) is 0 Å². The van der Waals surface area contributed by atoms with E-state index in [0.717, 1.165) is 25.9 Å². The van der Waals surface area contributed by atoms with E-state index in [1.165, 1.54) is 0 Å². The molecule has 2 heteroatoms. The van der Waals surface area contributed by atoms with Crippen molar-refractivity contribution in [2.75, 3.05) is 13.1 Å². The zero-order valence-corrected chi connectivity index (χ0v) is 8.39. The van der Waals surface area contributed by atoms with Crippen LogP contribution in [-0.2, 0) is 4.79 Å². The van der Waals surface area contributed by atoms with Gasteiger partial charge in [-0.1, -0.05) is 20.8 Å². The summed E-state index contributed by atoms with van der Waals surface area (Å²) in [4.78, 5) is 13.3. The average Bonchev–Trinajstić information content (AvgIpc) is 2.03. The highest BCUT2D eigenvalue weighted by molar-refractivity contribution is 5.75. The zero-order chi connectivity index (χ0) is 9.19. The van der Waals surface area contributed by atoms with Gasteiger partial charge in [-0.3, -0.25) is 4.79 Å². The van der Waals surface area contributed by atoms with Crippen LogP contribution in [0.5, 0.6) is 0 Å². The largest absolute Gasteiger partial charge is 0.343 e. The topological polar surface area (TPSA) is 20.3 Å². The molecule has 1 heterocycles. The van der Waals surface area contributed by atoms with Crippen LogP contribution in [0.1, 0.15) is 40.0 Å². The number of piperidine rings is 1. The van der Waals surface area contributed by atoms with Crippen LogP contribution in [0.25, 0.3) is 0 Å². The van der Waals surface area contributed by atoms with E-state index >= 15 is 0 Å². The number of hydrogen-bond donors (Lipinski definition) is 0. The van der Waals surface area contributed by atoms with E-state index in [0.29, 0.717) is 17.7 Å². The van der Waals surface area contributed by atoms with Crippen molar-refractivity contribution in [2.24, 2.45) is 5.41 Å². The molecule has 1 fully saturated rings. The van der Waals surface area contributed by atoms with Crippen molar-refractivity contribution in [3.63, 3.8) is 0 Å². The van der Waals surface area contributed by atoms with E-state index in [9.17, 15) is 4.79 Å². The predicted octanol–water partition coefficient (Wildman–Crippen LogP) is 2.04. The molecule has 0 N–H and O–H groups in total. The van der Waals surface area contributed by atoms with Crippen LogP contribution in [0.3, 0.4) is 0 Å². The van der Waals surface area contributed by atoms with E-state index < -0.39 is 0 Å². The molecular formula is C10H19NO. The molecule has 1 aliphatic heterocycles. The quantitative estimate of drug-likeness (QED) is 0.588. The molecule has 1 amide bonds. The molecule has 1 aliphatic rings. The Hall–Kier alpha value is -0.530. The highest BCUT2D eigenvalue weighted by atomic mass is 16.2. The molecular weight excluding hydrogens is 150 g/mol. The Morgan fingerprint density at radius 1 is 1.33 bits per heavy atom. The molecule has 0 aromatic carbocycles. The van der Waals surface area contributed by atoms with Crippen molar-refractivity contribution >= 4 is 5.91 Å². The van der Waals surface area contributed by atoms with Crippen LogP contribution < -0.4 is 0 Å². The molecule has 2 nitrogen and oxygen atoms in total. The maximum atomic E-state index is 11.3. The molecule has 0 unspecified atom stereocenters. The minimum absolute atomic E-state index is 0.311. The standard InChI is InChI=1S/C10H19NO/c1-4-9(12)11-7-5-10(2,3)6-8-11/h4-8H2,1-3H3. The third-order valence-corrected chi connectivity index (χ3v) is 2.77. The first-order chi connectivity index (χ1) is 5.55. The van der Waals surface area contributed by atoms with Gasteiger partial charge >= 0.3 is 0 Å². The van der Waals surface area contributed by atoms with Crippen molar-refractivity contribution in [1.29, 1.82) is 0 Å². The minimum atomic E-state index is 0.311. The molecule has 0 bridgehead atoms. The Balaban J connectivity index is 2.41. The van der Waals surface area contributed by atoms with E-state index in [4.69, 9.17) is 0 Å². The first-order valence-electron chi connectivity index (χ1n) is 4.83. The Morgan fingerprint density at radius 3 is 2.25 bits per heavy atom. The number of hydrogen-bond acceptors (Lipinski definition) is 1. The Bertz CT molecular complexity index is 165. The minimum Gasteiger partial charge on any atom is -0.343 e. The van der Waals surface area contributed by atoms with Gasteiger partial charge in [-0.15, -0.1) is 0 Å². The van der Waals surface area contributed by atoms with Crippen LogP contribution in [0.4, 0.5) is 0 Å². The lowest BCUT2D eigenvalue weighted by Crippen LogP contribution is -2.40. The number of carbonyl (C=O) groups excluding carboxylic acids is 1. The second-order valence-electron chi connectivity index (χ2n) is 4.40. The van der Waals surface area contributed by atoms with Crippen molar-refractivity contribution in [3.8, 4) is 0 Å². The second-order valence-corrected chi connectivity index (χ2v) is 4.40. The Morgan fingerprint density at radius 2 is 1.83 bits per heavy atom. The van der Waals surface area contributed by atoms with Gasteiger partial charge in [0.25, 0.3) is 0 Å². The molecule has 70 valence electrons. The van der Waals surface area contributed by atoms with Crippen LogP contribution in [-0.4, -0.2) is 23.9 Å². The van der Waals surface area contributed by atoms with Gasteiger partial charge < -0.3 is 4.90 Å². The first-order valence-corrected chi connectivity index (χ1v) is 4.83. The van der Waals surface area contributed by atoms with Crippen LogP contribution >= 0.6 is 0 Å². The van der Waals surface area contributed by atoms with E-state index in [2.05, 4.69) is 13.8 Å². The van der Waals surface area contributed by atoms with Gasteiger partial charge in [0.2, 0.25) is 5.91 Å². The van der Waals surface area contributed by atoms with Gasteiger partial charge in [-0.25, -0.2) is 0 Å². The summed E-state index contributed by atoms with van der Waals surface area (Å²) in [5.41, 5.74) is 0.449. The molecule has 0 aromatic heterocycles. The third kappa shape index (κ3) is 2.23. The molecule has 0 aromatic rings. The van der Waals surface area contributed by atoms with Gasteiger partial charge in [0.15, 0.2) is 0 Å². The van der Waals surface area contributed by atoms with Gasteiger partial charge in [0.05, 0.1) is 0 Å². The Labute approximate surface area is 74.9 Å². The molecule has 1 saturated heterocycles. The number of rotatable bonds is 1. The lowest BCUT2D eigenvalue weighted by molar-refractivity contribution is -0.132. The predicted molar refractivity (Wildman–Crippen MR) is 49.9 cm³/mol. The van der Waals surface area contributed by atoms with Crippen molar-refractivity contribution < 1.29 is 4.79 Å². The number of amides is 1. The van der Waals surface area contributed by atoms with Crippen LogP contribution in [0.15, 0.2) is 0 Å². The smallest absolute Gasteiger partial charge is 0.222 e. The lowest BCUT2D eigenvalue weighted by atomic mass is 9.82. The Kier molecular flexibility index (Phi) is 2.76. The fourth-order valence-corrected chi connectivity index (χ4v) is 1.59. The summed E-state index contributed by atoms with van der Waals surface area (Å²) in [6.07, 6.45) is 2.96. The molecule has 12 heavy (non-hydrogen) atoms. The van der Waals surface area contributed by atoms with E-state index in [1.807, 2.05) is 11.8 Å². The molecule has 0 radical (unpaired) electrons. The van der Waals surface area contributed by atoms with E-state index in [1.54, 1.807) is 0 Å². The summed E-state index contributed by atoms with van der Waals surface area (Å²) in [7, 11) is 0. The highest BCUT2D eigenvalue weighted by Crippen LogP contribution is 2.29. The summed E-state index contributed by atoms with van der Waals surface area (Å²) >= 11 is 0. The normalized spacial score (nSPS) is 22.4. The third-order valence-electron chi connectivity index (χ3n) is 2.77. The average molecular weight is 169 g/mol. The molecule has 0 atom stereocenters.